The van der Waals surface area contributed by atoms with E-state index in [-0.39, 0.29) is 41.8 Å². The molecule has 0 radical (unpaired) electrons. The highest BCUT2D eigenvalue weighted by Crippen LogP contribution is 2.42. The van der Waals surface area contributed by atoms with Crippen molar-refractivity contribution in [1.29, 1.82) is 0 Å². The molecular formula is C20H26BrNO4. The number of hydrogen-bond acceptors (Lipinski definition) is 4. The lowest BCUT2D eigenvalue weighted by atomic mass is 9.95. The van der Waals surface area contributed by atoms with Gasteiger partial charge in [-0.2, -0.15) is 0 Å². The number of benzene rings is 1. The van der Waals surface area contributed by atoms with Crippen molar-refractivity contribution in [2.75, 3.05) is 20.2 Å². The quantitative estimate of drug-likeness (QED) is 0.328. The summed E-state index contributed by atoms with van der Waals surface area (Å²) >= 11 is 0. The molecule has 5 nitrogen and oxygen atoms in total. The Kier molecular flexibility index (Phi) is 6.86. The van der Waals surface area contributed by atoms with Crippen LogP contribution in [0, 0.1) is 12.3 Å². The minimum atomic E-state index is -0.669. The number of terminal acetylenes is 1. The van der Waals surface area contributed by atoms with Crippen molar-refractivity contribution in [3.8, 4) is 12.3 Å². The first-order chi connectivity index (χ1) is 12.0. The van der Waals surface area contributed by atoms with E-state index in [4.69, 9.17) is 11.2 Å². The molecule has 0 aliphatic carbocycles. The second-order valence-corrected chi connectivity index (χ2v) is 7.41. The molecule has 0 amide bonds. The number of piperidine rings is 1. The predicted molar refractivity (Wildman–Crippen MR) is 93.5 cm³/mol. The number of aliphatic hydroxyl groups is 2. The van der Waals surface area contributed by atoms with Crippen LogP contribution in [0.15, 0.2) is 30.3 Å². The molecule has 2 saturated heterocycles. The average Bonchev–Trinajstić information content (AvgIpc) is 2.72. The van der Waals surface area contributed by atoms with E-state index in [0.717, 1.165) is 5.56 Å². The lowest BCUT2D eigenvalue weighted by Gasteiger charge is -2.45. The number of likely N-dealkylation sites (N-methyl/N-ethyl adjacent to an activating group) is 1. The molecule has 2 aliphatic heterocycles. The van der Waals surface area contributed by atoms with Crippen molar-refractivity contribution in [2.45, 2.75) is 49.5 Å². The molecule has 142 valence electrons. The lowest BCUT2D eigenvalue weighted by Crippen LogP contribution is -3.00. The van der Waals surface area contributed by atoms with E-state index >= 15 is 0 Å². The highest BCUT2D eigenvalue weighted by molar-refractivity contribution is 5.78. The molecule has 2 bridgehead atoms. The van der Waals surface area contributed by atoms with Crippen molar-refractivity contribution >= 4 is 5.97 Å². The highest BCUT2D eigenvalue weighted by atomic mass is 79.9. The fourth-order valence-electron chi connectivity index (χ4n) is 4.53. The van der Waals surface area contributed by atoms with E-state index in [9.17, 15) is 15.0 Å². The zero-order chi connectivity index (χ0) is 18.0. The van der Waals surface area contributed by atoms with Crippen molar-refractivity contribution in [3.05, 3.63) is 35.9 Å². The summed E-state index contributed by atoms with van der Waals surface area (Å²) < 4.78 is 6.39. The van der Waals surface area contributed by atoms with Crippen LogP contribution >= 0.6 is 0 Å². The van der Waals surface area contributed by atoms with Crippen molar-refractivity contribution < 1.29 is 41.2 Å². The molecule has 26 heavy (non-hydrogen) atoms. The molecule has 0 saturated carbocycles. The summed E-state index contributed by atoms with van der Waals surface area (Å²) in [6.07, 6.45) is 6.87. The van der Waals surface area contributed by atoms with Gasteiger partial charge in [0, 0.05) is 19.3 Å². The predicted octanol–water partition coefficient (Wildman–Crippen LogP) is -1.95. The van der Waals surface area contributed by atoms with Crippen molar-refractivity contribution in [1.82, 2.24) is 0 Å². The maximum Gasteiger partial charge on any atom is 0.316 e. The third kappa shape index (κ3) is 3.81. The minimum Gasteiger partial charge on any atom is -1.00 e. The van der Waals surface area contributed by atoms with E-state index in [1.165, 1.54) is 0 Å². The normalized spacial score (nSPS) is 33.6. The van der Waals surface area contributed by atoms with Gasteiger partial charge in [-0.05, 0) is 11.5 Å². The van der Waals surface area contributed by atoms with Gasteiger partial charge in [0.05, 0.1) is 19.7 Å². The summed E-state index contributed by atoms with van der Waals surface area (Å²) in [4.78, 5) is 12.6. The standard InChI is InChI=1S/C20H26NO4.BrH/c1-3-9-21(2)15-10-16(12-18(21)19(23)11-15)25-20(24)17(13-22)14-7-5-4-6-8-14;/h1,4-8,15-19,22-23H,9-13H2,2H3;1H/q+1;/p-1. The van der Waals surface area contributed by atoms with Gasteiger partial charge in [0.25, 0.3) is 0 Å². The summed E-state index contributed by atoms with van der Waals surface area (Å²) in [6, 6.07) is 9.38. The molecule has 3 rings (SSSR count). The van der Waals surface area contributed by atoms with Gasteiger partial charge in [0.15, 0.2) is 0 Å². The third-order valence-corrected chi connectivity index (χ3v) is 5.97. The van der Waals surface area contributed by atoms with Crippen molar-refractivity contribution in [2.24, 2.45) is 0 Å². The molecule has 2 heterocycles. The second kappa shape index (κ2) is 8.53. The molecular weight excluding hydrogens is 398 g/mol. The monoisotopic (exact) mass is 423 g/mol. The summed E-state index contributed by atoms with van der Waals surface area (Å²) in [5.41, 5.74) is 0.752. The lowest BCUT2D eigenvalue weighted by molar-refractivity contribution is -0.944. The number of nitrogens with zero attached hydrogens (tertiary/aromatic N) is 1. The number of aliphatic hydroxyl groups excluding tert-OH is 2. The molecule has 0 aromatic heterocycles. The molecule has 0 spiro atoms. The van der Waals surface area contributed by atoms with E-state index in [1.54, 1.807) is 0 Å². The summed E-state index contributed by atoms with van der Waals surface area (Å²) in [7, 11) is 2.09. The van der Waals surface area contributed by atoms with Crippen LogP contribution in [-0.2, 0) is 9.53 Å². The fraction of sp³-hybridized carbons (Fsp3) is 0.550. The van der Waals surface area contributed by atoms with Crippen LogP contribution in [-0.4, -0.2) is 65.2 Å². The Balaban J connectivity index is 0.00000243. The molecule has 1 aromatic carbocycles. The largest absolute Gasteiger partial charge is 1.00 e. The number of carbonyl (C=O) groups excluding carboxylic acids is 1. The Labute approximate surface area is 165 Å². The van der Waals surface area contributed by atoms with Gasteiger partial charge in [-0.25, -0.2) is 0 Å². The van der Waals surface area contributed by atoms with Crippen LogP contribution in [0.25, 0.3) is 0 Å². The Bertz CT molecular complexity index is 662. The van der Waals surface area contributed by atoms with E-state index < -0.39 is 18.0 Å². The van der Waals surface area contributed by atoms with E-state index in [0.29, 0.717) is 30.3 Å². The first-order valence-corrected chi connectivity index (χ1v) is 8.82. The zero-order valence-corrected chi connectivity index (χ0v) is 16.5. The fourth-order valence-corrected chi connectivity index (χ4v) is 4.53. The molecule has 2 N–H and O–H groups in total. The van der Waals surface area contributed by atoms with Crippen LogP contribution < -0.4 is 17.0 Å². The molecule has 2 fully saturated rings. The van der Waals surface area contributed by atoms with Gasteiger partial charge < -0.3 is 36.4 Å². The molecule has 2 aliphatic rings. The van der Waals surface area contributed by atoms with Crippen LogP contribution in [0.3, 0.4) is 0 Å². The van der Waals surface area contributed by atoms with E-state index in [2.05, 4.69) is 13.0 Å². The average molecular weight is 424 g/mol. The first-order valence-electron chi connectivity index (χ1n) is 8.82. The van der Waals surface area contributed by atoms with Gasteiger partial charge >= 0.3 is 5.97 Å². The topological polar surface area (TPSA) is 66.8 Å². The number of ether oxygens (including phenoxy) is 1. The van der Waals surface area contributed by atoms with Gasteiger partial charge in [0.1, 0.15) is 30.7 Å². The van der Waals surface area contributed by atoms with Crippen LogP contribution in [0.1, 0.15) is 30.7 Å². The first kappa shape index (κ1) is 20.9. The Morgan fingerprint density at radius 3 is 2.62 bits per heavy atom. The molecule has 6 atom stereocenters. The summed E-state index contributed by atoms with van der Waals surface area (Å²) in [5, 5.41) is 20.0. The number of halogens is 1. The summed E-state index contributed by atoms with van der Waals surface area (Å²) in [6.45, 7) is 0.298. The smallest absolute Gasteiger partial charge is 0.316 e. The van der Waals surface area contributed by atoms with Gasteiger partial charge in [0.2, 0.25) is 0 Å². The van der Waals surface area contributed by atoms with Gasteiger partial charge in [-0.1, -0.05) is 30.3 Å². The molecule has 1 aromatic rings. The third-order valence-electron chi connectivity index (χ3n) is 5.97. The Morgan fingerprint density at radius 2 is 2.04 bits per heavy atom. The van der Waals surface area contributed by atoms with Crippen LogP contribution in [0.5, 0.6) is 0 Å². The van der Waals surface area contributed by atoms with Gasteiger partial charge in [-0.3, -0.25) is 4.79 Å². The SMILES string of the molecule is C#CC[N+]1(C)C2CC(OC(=O)C(CO)c3ccccc3)CC1C(O)C2.[Br-]. The molecule has 6 unspecified atom stereocenters. The number of fused-ring (bicyclic) bond motifs is 2. The van der Waals surface area contributed by atoms with Gasteiger partial charge in [-0.15, -0.1) is 6.42 Å². The summed E-state index contributed by atoms with van der Waals surface area (Å²) in [5.74, 6) is 1.65. The van der Waals surface area contributed by atoms with E-state index in [1.807, 2.05) is 30.3 Å². The van der Waals surface area contributed by atoms with Crippen LogP contribution in [0.2, 0.25) is 0 Å². The number of carbonyl (C=O) groups is 1. The Morgan fingerprint density at radius 1 is 1.35 bits per heavy atom. The number of esters is 1. The van der Waals surface area contributed by atoms with Crippen molar-refractivity contribution in [3.63, 3.8) is 0 Å². The number of hydrogen-bond donors (Lipinski definition) is 2. The maximum atomic E-state index is 12.6. The minimum absolute atomic E-state index is 0. The van der Waals surface area contributed by atoms with Crippen LogP contribution in [0.4, 0.5) is 0 Å². The highest BCUT2D eigenvalue weighted by Gasteiger charge is 2.56. The molecule has 6 heteroatoms. The number of quaternary nitrogens is 1. The second-order valence-electron chi connectivity index (χ2n) is 7.41. The Hall–Kier alpha value is -1.39. The maximum absolute atomic E-state index is 12.6. The zero-order valence-electron chi connectivity index (χ0n) is 14.9. The number of rotatable bonds is 5.